The van der Waals surface area contributed by atoms with Crippen molar-refractivity contribution in [1.29, 1.82) is 0 Å². The van der Waals surface area contributed by atoms with Crippen molar-refractivity contribution in [2.75, 3.05) is 0 Å². The standard InChI is InChI=1S/C13H24O/c1-13(14,12-9-5-6-10-12)11-7-3-2-4-8-11/h11-12,14H,2-10H2,1H3/t13-/m0/s1. The summed E-state index contributed by atoms with van der Waals surface area (Å²) in [6.45, 7) is 2.11. The van der Waals surface area contributed by atoms with Crippen LogP contribution in [-0.2, 0) is 0 Å². The molecule has 2 aliphatic rings. The van der Waals surface area contributed by atoms with Gasteiger partial charge in [-0.3, -0.25) is 0 Å². The molecule has 1 nitrogen and oxygen atoms in total. The van der Waals surface area contributed by atoms with E-state index in [0.29, 0.717) is 11.8 Å². The molecule has 0 amide bonds. The highest BCUT2D eigenvalue weighted by Crippen LogP contribution is 2.43. The summed E-state index contributed by atoms with van der Waals surface area (Å²) >= 11 is 0. The van der Waals surface area contributed by atoms with Crippen molar-refractivity contribution in [2.45, 2.75) is 70.3 Å². The zero-order valence-corrected chi connectivity index (χ0v) is 9.47. The molecule has 0 saturated heterocycles. The summed E-state index contributed by atoms with van der Waals surface area (Å²) in [5, 5.41) is 10.6. The summed E-state index contributed by atoms with van der Waals surface area (Å²) in [5.41, 5.74) is -0.350. The van der Waals surface area contributed by atoms with Gasteiger partial charge >= 0.3 is 0 Å². The van der Waals surface area contributed by atoms with Crippen molar-refractivity contribution in [3.63, 3.8) is 0 Å². The van der Waals surface area contributed by atoms with E-state index in [1.54, 1.807) is 0 Å². The van der Waals surface area contributed by atoms with Crippen LogP contribution in [0, 0.1) is 11.8 Å². The Balaban J connectivity index is 1.97. The van der Waals surface area contributed by atoms with Crippen molar-refractivity contribution in [2.24, 2.45) is 11.8 Å². The molecule has 2 fully saturated rings. The lowest BCUT2D eigenvalue weighted by atomic mass is 9.71. The highest BCUT2D eigenvalue weighted by molar-refractivity contribution is 4.92. The summed E-state index contributed by atoms with van der Waals surface area (Å²) in [7, 11) is 0. The van der Waals surface area contributed by atoms with Gasteiger partial charge in [0.1, 0.15) is 0 Å². The summed E-state index contributed by atoms with van der Waals surface area (Å²) in [6, 6.07) is 0. The predicted molar refractivity (Wildman–Crippen MR) is 59.2 cm³/mol. The smallest absolute Gasteiger partial charge is 0.0675 e. The van der Waals surface area contributed by atoms with Crippen molar-refractivity contribution in [3.8, 4) is 0 Å². The van der Waals surface area contributed by atoms with Crippen LogP contribution in [0.25, 0.3) is 0 Å². The molecule has 0 aromatic heterocycles. The molecule has 0 aromatic rings. The van der Waals surface area contributed by atoms with E-state index in [9.17, 15) is 5.11 Å². The minimum absolute atomic E-state index is 0.350. The van der Waals surface area contributed by atoms with E-state index in [2.05, 4.69) is 6.92 Å². The first kappa shape index (κ1) is 10.5. The molecular formula is C13H24O. The minimum Gasteiger partial charge on any atom is -0.390 e. The van der Waals surface area contributed by atoms with E-state index >= 15 is 0 Å². The third-order valence-electron chi connectivity index (χ3n) is 4.61. The molecule has 0 bridgehead atoms. The zero-order valence-electron chi connectivity index (χ0n) is 9.47. The van der Waals surface area contributed by atoms with Crippen molar-refractivity contribution in [3.05, 3.63) is 0 Å². The van der Waals surface area contributed by atoms with E-state index < -0.39 is 0 Å². The minimum atomic E-state index is -0.350. The van der Waals surface area contributed by atoms with Gasteiger partial charge < -0.3 is 5.11 Å². The SMILES string of the molecule is C[C@](O)(C1CCCCC1)C1CCCC1. The lowest BCUT2D eigenvalue weighted by Crippen LogP contribution is -2.42. The molecule has 1 N–H and O–H groups in total. The topological polar surface area (TPSA) is 20.2 Å². The Hall–Kier alpha value is -0.0400. The van der Waals surface area contributed by atoms with Gasteiger partial charge in [-0.05, 0) is 44.4 Å². The highest BCUT2D eigenvalue weighted by Gasteiger charge is 2.40. The summed E-state index contributed by atoms with van der Waals surface area (Å²) in [4.78, 5) is 0. The van der Waals surface area contributed by atoms with Gasteiger partial charge in [0.05, 0.1) is 5.60 Å². The predicted octanol–water partition coefficient (Wildman–Crippen LogP) is 3.51. The maximum absolute atomic E-state index is 10.6. The summed E-state index contributed by atoms with van der Waals surface area (Å²) < 4.78 is 0. The Morgan fingerprint density at radius 2 is 1.14 bits per heavy atom. The van der Waals surface area contributed by atoms with E-state index in [1.165, 1.54) is 57.8 Å². The fraction of sp³-hybridized carbons (Fsp3) is 1.00. The van der Waals surface area contributed by atoms with Crippen molar-refractivity contribution >= 4 is 0 Å². The normalized spacial score (nSPS) is 30.4. The summed E-state index contributed by atoms with van der Waals surface area (Å²) in [6.07, 6.45) is 11.8. The van der Waals surface area contributed by atoms with Gasteiger partial charge in [0.2, 0.25) is 0 Å². The molecule has 14 heavy (non-hydrogen) atoms. The van der Waals surface area contributed by atoms with Crippen LogP contribution in [-0.4, -0.2) is 10.7 Å². The second kappa shape index (κ2) is 4.22. The van der Waals surface area contributed by atoms with Crippen molar-refractivity contribution in [1.82, 2.24) is 0 Å². The first-order valence-corrected chi connectivity index (χ1v) is 6.43. The number of aliphatic hydroxyl groups is 1. The zero-order chi connectivity index (χ0) is 10.0. The van der Waals surface area contributed by atoms with Gasteiger partial charge in [-0.25, -0.2) is 0 Å². The first-order valence-electron chi connectivity index (χ1n) is 6.43. The molecule has 0 radical (unpaired) electrons. The van der Waals surface area contributed by atoms with E-state index in [0.717, 1.165) is 0 Å². The number of hydrogen-bond donors (Lipinski definition) is 1. The van der Waals surface area contributed by atoms with E-state index in [-0.39, 0.29) is 5.60 Å². The first-order chi connectivity index (χ1) is 6.71. The van der Waals surface area contributed by atoms with Gasteiger partial charge in [0.25, 0.3) is 0 Å². The monoisotopic (exact) mass is 196 g/mol. The molecule has 1 heteroatoms. The Morgan fingerprint density at radius 3 is 1.57 bits per heavy atom. The molecule has 2 saturated carbocycles. The van der Waals surface area contributed by atoms with Crippen LogP contribution >= 0.6 is 0 Å². The fourth-order valence-electron chi connectivity index (χ4n) is 3.53. The fourth-order valence-corrected chi connectivity index (χ4v) is 3.53. The maximum Gasteiger partial charge on any atom is 0.0675 e. The lowest BCUT2D eigenvalue weighted by Gasteiger charge is -2.40. The molecule has 2 rings (SSSR count). The Labute approximate surface area is 87.9 Å². The average molecular weight is 196 g/mol. The second-order valence-corrected chi connectivity index (χ2v) is 5.54. The molecule has 0 spiro atoms. The maximum atomic E-state index is 10.6. The van der Waals surface area contributed by atoms with E-state index in [1.807, 2.05) is 0 Å². The molecular weight excluding hydrogens is 172 g/mol. The molecule has 2 aliphatic carbocycles. The average Bonchev–Trinajstić information content (AvgIpc) is 2.72. The lowest BCUT2D eigenvalue weighted by molar-refractivity contribution is -0.0637. The van der Waals surface area contributed by atoms with Crippen LogP contribution in [0.5, 0.6) is 0 Å². The Bertz CT molecular complexity index is 174. The van der Waals surface area contributed by atoms with Gasteiger partial charge in [0.15, 0.2) is 0 Å². The quantitative estimate of drug-likeness (QED) is 0.716. The molecule has 1 atom stereocenters. The Morgan fingerprint density at radius 1 is 0.786 bits per heavy atom. The van der Waals surface area contributed by atoms with Crippen LogP contribution in [0.3, 0.4) is 0 Å². The third kappa shape index (κ3) is 1.98. The largest absolute Gasteiger partial charge is 0.390 e. The second-order valence-electron chi connectivity index (χ2n) is 5.54. The van der Waals surface area contributed by atoms with Crippen LogP contribution in [0.1, 0.15) is 64.7 Å². The molecule has 0 aliphatic heterocycles. The number of hydrogen-bond acceptors (Lipinski definition) is 1. The van der Waals surface area contributed by atoms with Crippen molar-refractivity contribution < 1.29 is 5.11 Å². The van der Waals surface area contributed by atoms with Gasteiger partial charge in [0, 0.05) is 0 Å². The number of rotatable bonds is 2. The van der Waals surface area contributed by atoms with Gasteiger partial charge in [-0.15, -0.1) is 0 Å². The van der Waals surface area contributed by atoms with Gasteiger partial charge in [-0.1, -0.05) is 32.1 Å². The van der Waals surface area contributed by atoms with Crippen LogP contribution in [0.4, 0.5) is 0 Å². The highest BCUT2D eigenvalue weighted by atomic mass is 16.3. The van der Waals surface area contributed by atoms with Gasteiger partial charge in [-0.2, -0.15) is 0 Å². The third-order valence-corrected chi connectivity index (χ3v) is 4.61. The molecule has 0 aromatic carbocycles. The molecule has 82 valence electrons. The summed E-state index contributed by atoms with van der Waals surface area (Å²) in [5.74, 6) is 1.20. The molecule has 0 unspecified atom stereocenters. The van der Waals surface area contributed by atoms with E-state index in [4.69, 9.17) is 0 Å². The van der Waals surface area contributed by atoms with Crippen LogP contribution < -0.4 is 0 Å². The Kier molecular flexibility index (Phi) is 3.16. The van der Waals surface area contributed by atoms with Crippen LogP contribution in [0.2, 0.25) is 0 Å². The van der Waals surface area contributed by atoms with Crippen LogP contribution in [0.15, 0.2) is 0 Å². The molecule has 0 heterocycles.